The topological polar surface area (TPSA) is 220 Å². The molecule has 0 radical (unpaired) electrons. The van der Waals surface area contributed by atoms with Gasteiger partial charge in [0.15, 0.2) is 0 Å². The third-order valence-corrected chi connectivity index (χ3v) is 27.2. The molecule has 0 aliphatic heterocycles. The molecule has 8 aromatic heterocycles. The average molecular weight is 2050 g/mol. The molecule has 16 nitrogen and oxygen atoms in total. The van der Waals surface area contributed by atoms with Gasteiger partial charge in [0, 0.05) is 200 Å². The summed E-state index contributed by atoms with van der Waals surface area (Å²) in [6, 6.07) is 68.0. The lowest BCUT2D eigenvalue weighted by Gasteiger charge is -2.23. The molecule has 0 bridgehead atoms. The third-order valence-electron chi connectivity index (χ3n) is 27.2. The quantitative estimate of drug-likeness (QED) is 0.0130. The smallest absolute Gasteiger partial charge is 0.0956 e. The molecule has 0 unspecified atom stereocenters. The van der Waals surface area contributed by atoms with Crippen LogP contribution in [0.15, 0.2) is 219 Å². The number of aliphatic hydroxyl groups excluding tert-OH is 4. The summed E-state index contributed by atoms with van der Waals surface area (Å²) in [7, 11) is 0. The lowest BCUT2D eigenvalue weighted by molar-refractivity contribution is 0.0971. The zero-order chi connectivity index (χ0) is 110. The molecule has 0 atom stereocenters. The monoisotopic (exact) mass is 2050 g/mol. The Kier molecular flexibility index (Phi) is 64.8. The number of aryl methyl sites for hydroxylation is 8. The fraction of sp³-hybridized carbons (Fsp3) is 0.522. The summed E-state index contributed by atoms with van der Waals surface area (Å²) in [6.45, 7) is 70.7. The largest absolute Gasteiger partial charge is 0.395 e. The number of para-hydroxylation sites is 8. The summed E-state index contributed by atoms with van der Waals surface area (Å²) in [5.74, 6) is 5.76. The second kappa shape index (κ2) is 74.7. The van der Waals surface area contributed by atoms with Crippen molar-refractivity contribution < 1.29 is 20.4 Å². The minimum atomic E-state index is 0.138. The van der Waals surface area contributed by atoms with Gasteiger partial charge in [0.25, 0.3) is 0 Å². The SMILES string of the molecule is CC.CC.CC.CC.CC(C)CCCCc1c[nH]c2ccccc12.CC(C)CCCCc1c[nH]c2ccccc12.CC(C)CN(CCO)CCc1c[nH]c2ccccc12.CC(C)CN(CO)CCc1c[nH]c2ccccc12.Cc1[nH]c2ccccc2c1CCCCC(C)C.Cc1[nH]c2ccccc2c1CCCCC(C)C.Cc1[nH]c2ccccc2c1CCN(CCO)CC(C)C.Cc1[nH]c2ccccc2c1CCN(CO)CC(C)C. The molecule has 12 N–H and O–H groups in total. The van der Waals surface area contributed by atoms with Crippen LogP contribution in [0.1, 0.15) is 311 Å². The molecule has 0 saturated heterocycles. The highest BCUT2D eigenvalue weighted by Crippen LogP contribution is 2.31. The van der Waals surface area contributed by atoms with Crippen molar-refractivity contribution in [3.05, 3.63) is 286 Å². The summed E-state index contributed by atoms with van der Waals surface area (Å²) in [6.07, 6.45) is 33.3. The van der Waals surface area contributed by atoms with E-state index >= 15 is 0 Å². The van der Waals surface area contributed by atoms with Gasteiger partial charge in [0.1, 0.15) is 0 Å². The van der Waals surface area contributed by atoms with E-state index in [2.05, 4.69) is 411 Å². The average Bonchev–Trinajstić information content (AvgIpc) is 1.65. The van der Waals surface area contributed by atoms with Crippen LogP contribution in [0.3, 0.4) is 0 Å². The molecule has 8 heterocycles. The highest BCUT2D eigenvalue weighted by molar-refractivity contribution is 5.89. The van der Waals surface area contributed by atoms with Gasteiger partial charge in [-0.25, -0.2) is 0 Å². The minimum absolute atomic E-state index is 0.138. The van der Waals surface area contributed by atoms with Crippen molar-refractivity contribution in [1.82, 2.24) is 59.5 Å². The van der Waals surface area contributed by atoms with Crippen LogP contribution in [-0.4, -0.2) is 172 Å². The molecule has 828 valence electrons. The first-order valence-electron chi connectivity index (χ1n) is 58.3. The van der Waals surface area contributed by atoms with E-state index in [0.29, 0.717) is 23.7 Å². The number of H-pyrrole nitrogens is 8. The Labute approximate surface area is 909 Å². The van der Waals surface area contributed by atoms with E-state index in [0.717, 1.165) is 115 Å². The van der Waals surface area contributed by atoms with Crippen LogP contribution in [0.4, 0.5) is 0 Å². The second-order valence-electron chi connectivity index (χ2n) is 43.2. The van der Waals surface area contributed by atoms with Crippen LogP contribution in [0.25, 0.3) is 87.2 Å². The van der Waals surface area contributed by atoms with Gasteiger partial charge in [0.2, 0.25) is 0 Å². The predicted octanol–water partition coefficient (Wildman–Crippen LogP) is 34.0. The molecular formula is C134H208N12O4. The minimum Gasteiger partial charge on any atom is -0.395 e. The third kappa shape index (κ3) is 46.4. The Hall–Kier alpha value is -10.2. The summed E-state index contributed by atoms with van der Waals surface area (Å²) in [4.78, 5) is 36.0. The number of aliphatic hydroxyl groups is 4. The lowest BCUT2D eigenvalue weighted by atomic mass is 10.0. The molecule has 0 spiro atoms. The van der Waals surface area contributed by atoms with Crippen LogP contribution in [0, 0.1) is 75.0 Å². The van der Waals surface area contributed by atoms with Crippen molar-refractivity contribution in [1.29, 1.82) is 0 Å². The van der Waals surface area contributed by atoms with E-state index in [-0.39, 0.29) is 26.7 Å². The molecular weight excluding hydrogens is 1840 g/mol. The van der Waals surface area contributed by atoms with E-state index < -0.39 is 0 Å². The zero-order valence-electron chi connectivity index (χ0n) is 99.0. The van der Waals surface area contributed by atoms with E-state index in [9.17, 15) is 15.3 Å². The van der Waals surface area contributed by atoms with Crippen LogP contribution < -0.4 is 0 Å². The van der Waals surface area contributed by atoms with Crippen molar-refractivity contribution in [2.45, 2.75) is 322 Å². The van der Waals surface area contributed by atoms with Crippen LogP contribution in [0.5, 0.6) is 0 Å². The Morgan fingerprint density at radius 3 is 0.633 bits per heavy atom. The first-order valence-corrected chi connectivity index (χ1v) is 58.3. The lowest BCUT2D eigenvalue weighted by Crippen LogP contribution is -2.32. The highest BCUT2D eigenvalue weighted by Gasteiger charge is 2.18. The molecule has 0 aliphatic carbocycles. The molecule has 16 rings (SSSR count). The maximum atomic E-state index is 9.40. The molecule has 0 amide bonds. The number of aromatic nitrogens is 8. The van der Waals surface area contributed by atoms with E-state index in [4.69, 9.17) is 5.11 Å². The Morgan fingerprint density at radius 2 is 0.400 bits per heavy atom. The number of aromatic amines is 8. The van der Waals surface area contributed by atoms with Crippen molar-refractivity contribution >= 4 is 87.2 Å². The number of hydrogen-bond acceptors (Lipinski definition) is 8. The Bertz CT molecular complexity index is 5950. The van der Waals surface area contributed by atoms with Gasteiger partial charge in [-0.3, -0.25) is 9.80 Å². The number of nitrogens with one attached hydrogen (secondary N) is 8. The van der Waals surface area contributed by atoms with E-state index in [1.54, 1.807) is 0 Å². The van der Waals surface area contributed by atoms with Gasteiger partial charge in [0.05, 0.1) is 26.7 Å². The second-order valence-corrected chi connectivity index (χ2v) is 43.2. The molecule has 150 heavy (non-hydrogen) atoms. The van der Waals surface area contributed by atoms with Gasteiger partial charge >= 0.3 is 0 Å². The first kappa shape index (κ1) is 130. The number of benzene rings is 8. The zero-order valence-corrected chi connectivity index (χ0v) is 99.0. The van der Waals surface area contributed by atoms with Crippen LogP contribution in [0.2, 0.25) is 0 Å². The van der Waals surface area contributed by atoms with Gasteiger partial charge in [-0.1, -0.05) is 363 Å². The van der Waals surface area contributed by atoms with Crippen LogP contribution >= 0.6 is 0 Å². The number of unbranched alkanes of at least 4 members (excludes halogenated alkanes) is 4. The standard InChI is InChI=1S/C17H26N2O.2C16H24N2O.2C16H23N.C15H22N2O.2C15H21N.4C2H6/c1-13(2)12-19(10-11-20)9-8-15-14(3)18-17-7-5-4-6-16(15)17;1-12(2)10-18(11-19)9-8-14-13(3)17-16-7-5-4-6-15(14)16;1-13(2)12-18(9-10-19)8-7-14-11-17-16-6-4-3-5-15(14)16;2*1-12(2)8-4-5-9-14-13(3)17-16-11-7-6-10-15(14)16;1-12(2)10-17(11-18)8-7-13-9-16-15-6-4-3-5-14(13)15;2*1-12(2)7-3-4-8-13-11-16-15-10-6-5-9-14(13)15;4*1-2/h4-7,13,18,20H,8-12H2,1-3H3;4-7,12,17,19H,8-11H2,1-3H3;3-6,11,13,17,19H,7-10,12H2,1-2H3;2*6-7,10-12,17H,4-5,8-9H2,1-3H3;3-6,9,12,16,18H,7-8,10-11H2,1-2H3;2*5-6,9-12,16H,3-4,7-8H2,1-2H3;4*1-2H3. The van der Waals surface area contributed by atoms with Gasteiger partial charge in [-0.15, -0.1) is 0 Å². The number of hydrogen-bond donors (Lipinski definition) is 12. The summed E-state index contributed by atoms with van der Waals surface area (Å²) >= 11 is 0. The maximum absolute atomic E-state index is 9.40. The molecule has 0 saturated carbocycles. The molecule has 8 aromatic carbocycles. The Balaban J connectivity index is 0.000000298. The molecule has 16 aromatic rings. The van der Waals surface area contributed by atoms with Gasteiger partial charge < -0.3 is 70.1 Å². The highest BCUT2D eigenvalue weighted by atomic mass is 16.3. The molecule has 16 heteroatoms. The fourth-order valence-corrected chi connectivity index (χ4v) is 19.9. The Morgan fingerprint density at radius 1 is 0.207 bits per heavy atom. The predicted molar refractivity (Wildman–Crippen MR) is 659 cm³/mol. The van der Waals surface area contributed by atoms with Crippen molar-refractivity contribution in [3.8, 4) is 0 Å². The van der Waals surface area contributed by atoms with Crippen molar-refractivity contribution in [3.63, 3.8) is 0 Å². The van der Waals surface area contributed by atoms with Gasteiger partial charge in [-0.2, -0.15) is 0 Å². The summed E-state index contributed by atoms with van der Waals surface area (Å²) in [5, 5.41) is 47.9. The van der Waals surface area contributed by atoms with Crippen molar-refractivity contribution in [2.75, 3.05) is 92.1 Å². The first-order chi connectivity index (χ1) is 72.5. The normalized spacial score (nSPS) is 11.2. The number of nitrogens with zero attached hydrogens (tertiary/aromatic N) is 4. The number of fused-ring (bicyclic) bond motifs is 8. The summed E-state index contributed by atoms with van der Waals surface area (Å²) in [5.41, 5.74) is 26.5. The maximum Gasteiger partial charge on any atom is 0.0956 e. The van der Waals surface area contributed by atoms with E-state index in [1.165, 1.54) is 257 Å². The van der Waals surface area contributed by atoms with Gasteiger partial charge in [-0.05, 0) is 245 Å². The number of rotatable bonds is 46. The van der Waals surface area contributed by atoms with Crippen molar-refractivity contribution in [2.24, 2.45) is 47.3 Å². The summed E-state index contributed by atoms with van der Waals surface area (Å²) < 4.78 is 0. The van der Waals surface area contributed by atoms with E-state index in [1.807, 2.05) is 61.5 Å². The van der Waals surface area contributed by atoms with Crippen LogP contribution in [-0.2, 0) is 51.4 Å². The molecule has 0 fully saturated rings. The molecule has 0 aliphatic rings. The fourth-order valence-electron chi connectivity index (χ4n) is 19.9.